The van der Waals surface area contributed by atoms with Crippen LogP contribution in [0.5, 0.6) is 0 Å². The summed E-state index contributed by atoms with van der Waals surface area (Å²) < 4.78 is 6.38. The van der Waals surface area contributed by atoms with Gasteiger partial charge in [-0.2, -0.15) is 0 Å². The molecule has 9 atom stereocenters. The number of nitrogens with two attached hydrogens (primary N) is 6. The average molecular weight is 730 g/mol. The van der Waals surface area contributed by atoms with Crippen molar-refractivity contribution in [3.8, 4) is 0 Å². The lowest BCUT2D eigenvalue weighted by molar-refractivity contribution is -0.0592. The van der Waals surface area contributed by atoms with Crippen molar-refractivity contribution in [1.82, 2.24) is 5.32 Å². The van der Waals surface area contributed by atoms with E-state index >= 15 is 0 Å². The smallest absolute Gasteiger partial charge is 0.407 e. The Hall–Kier alpha value is -1.23. The van der Waals surface area contributed by atoms with Crippen LogP contribution in [0.3, 0.4) is 0 Å². The number of carbonyl (C=O) groups excluding carboxylic acids is 1. The van der Waals surface area contributed by atoms with Gasteiger partial charge in [0.2, 0.25) is 0 Å². The van der Waals surface area contributed by atoms with Gasteiger partial charge >= 0.3 is 6.09 Å². The van der Waals surface area contributed by atoms with E-state index in [0.717, 1.165) is 93.3 Å². The third-order valence-electron chi connectivity index (χ3n) is 15.7. The lowest BCUT2D eigenvalue weighted by Crippen LogP contribution is -2.72. The maximum Gasteiger partial charge on any atom is 0.407 e. The molecule has 4 aliphatic carbocycles. The topological polar surface area (TPSA) is 194 Å². The molecule has 0 aliphatic heterocycles. The van der Waals surface area contributed by atoms with E-state index in [0.29, 0.717) is 44.4 Å². The van der Waals surface area contributed by atoms with Gasteiger partial charge in [-0.1, -0.05) is 65.5 Å². The third kappa shape index (κ3) is 9.07. The van der Waals surface area contributed by atoms with E-state index in [1.54, 1.807) is 0 Å². The summed E-state index contributed by atoms with van der Waals surface area (Å²) in [5.74, 6) is 4.82. The molecule has 0 bridgehead atoms. The molecule has 13 N–H and O–H groups in total. The Morgan fingerprint density at radius 2 is 1.44 bits per heavy atom. The molecule has 302 valence electrons. The molecule has 0 aromatic rings. The fraction of sp³-hybridized carbons (Fsp3) is 0.930. The maximum atomic E-state index is 14.1. The van der Waals surface area contributed by atoms with Crippen molar-refractivity contribution < 1.29 is 9.53 Å². The highest BCUT2D eigenvalue weighted by Crippen LogP contribution is 2.67. The van der Waals surface area contributed by atoms with Gasteiger partial charge in [-0.05, 0) is 174 Å². The van der Waals surface area contributed by atoms with Crippen molar-refractivity contribution in [2.75, 3.05) is 26.2 Å². The fourth-order valence-corrected chi connectivity index (χ4v) is 12.9. The highest BCUT2D eigenvalue weighted by molar-refractivity contribution is 5.69. The molecular weight excluding hydrogens is 647 g/mol. The van der Waals surface area contributed by atoms with Crippen LogP contribution in [0.1, 0.15) is 157 Å². The zero-order valence-corrected chi connectivity index (χ0v) is 34.2. The Kier molecular flexibility index (Phi) is 16.0. The van der Waals surface area contributed by atoms with Crippen LogP contribution < -0.4 is 39.7 Å². The number of nitrogens with one attached hydrogen (secondary N) is 1. The molecule has 1 amide bonds. The minimum atomic E-state index is -0.927. The molecule has 9 nitrogen and oxygen atoms in total. The van der Waals surface area contributed by atoms with E-state index in [1.165, 1.54) is 56.9 Å². The number of hydrogen-bond donors (Lipinski definition) is 7. The van der Waals surface area contributed by atoms with Gasteiger partial charge in [0.25, 0.3) is 0 Å². The second-order valence-electron chi connectivity index (χ2n) is 19.0. The van der Waals surface area contributed by atoms with Gasteiger partial charge in [-0.3, -0.25) is 0 Å². The van der Waals surface area contributed by atoms with Crippen molar-refractivity contribution in [2.24, 2.45) is 86.2 Å². The van der Waals surface area contributed by atoms with E-state index in [-0.39, 0.29) is 11.5 Å². The molecule has 4 aliphatic rings. The van der Waals surface area contributed by atoms with E-state index in [1.807, 2.05) is 0 Å². The highest BCUT2D eigenvalue weighted by Gasteiger charge is 2.59. The summed E-state index contributed by atoms with van der Waals surface area (Å²) in [5, 5.41) is 3.36. The number of alkyl carbamates (subject to hydrolysis) is 1. The predicted molar refractivity (Wildman–Crippen MR) is 217 cm³/mol. The molecular formula is C43H83N7O2. The summed E-state index contributed by atoms with van der Waals surface area (Å²) in [6, 6.07) is 0. The quantitative estimate of drug-likeness (QED) is 0.0482. The Balaban J connectivity index is 1.49. The highest BCUT2D eigenvalue weighted by atomic mass is 16.6. The Morgan fingerprint density at radius 1 is 0.827 bits per heavy atom. The lowest BCUT2D eigenvalue weighted by atomic mass is 9.47. The number of ether oxygens (including phenoxy) is 1. The van der Waals surface area contributed by atoms with Gasteiger partial charge in [0, 0.05) is 6.42 Å². The molecule has 52 heavy (non-hydrogen) atoms. The molecule has 4 rings (SSSR count). The van der Waals surface area contributed by atoms with Crippen LogP contribution in [0.2, 0.25) is 0 Å². The summed E-state index contributed by atoms with van der Waals surface area (Å²) in [5.41, 5.74) is 38.6. The van der Waals surface area contributed by atoms with Gasteiger partial charge < -0.3 is 44.5 Å². The van der Waals surface area contributed by atoms with Gasteiger partial charge in [0.15, 0.2) is 0 Å². The van der Waals surface area contributed by atoms with E-state index < -0.39 is 23.2 Å². The number of amides is 1. The van der Waals surface area contributed by atoms with Crippen molar-refractivity contribution in [3.63, 3.8) is 0 Å². The van der Waals surface area contributed by atoms with E-state index in [2.05, 4.69) is 46.0 Å². The summed E-state index contributed by atoms with van der Waals surface area (Å²) in [7, 11) is 0. The second-order valence-corrected chi connectivity index (χ2v) is 19.0. The molecule has 3 saturated carbocycles. The van der Waals surface area contributed by atoms with Gasteiger partial charge in [-0.25, -0.2) is 4.79 Å². The zero-order valence-electron chi connectivity index (χ0n) is 34.2. The van der Waals surface area contributed by atoms with E-state index in [4.69, 9.17) is 39.1 Å². The monoisotopic (exact) mass is 730 g/mol. The first-order valence-corrected chi connectivity index (χ1v) is 21.8. The average Bonchev–Trinajstić information content (AvgIpc) is 3.47. The van der Waals surface area contributed by atoms with Crippen LogP contribution in [0.4, 0.5) is 4.79 Å². The summed E-state index contributed by atoms with van der Waals surface area (Å²) >= 11 is 0. The number of rotatable bonds is 21. The molecule has 0 spiro atoms. The fourth-order valence-electron chi connectivity index (χ4n) is 12.9. The predicted octanol–water partition coefficient (Wildman–Crippen LogP) is 7.05. The molecule has 0 saturated heterocycles. The second kappa shape index (κ2) is 19.1. The van der Waals surface area contributed by atoms with Crippen LogP contribution in [0, 0.1) is 51.8 Å². The molecule has 9 heteroatoms. The standard InChI is InChI=1S/C43H83N7O2/c1-30(2)11-6-12-31(3)35-15-16-36-34-14-13-32-29-33(17-23-40(32,4)37(34)18-24-41(35,36)5)52-39(51)50-43(38(48)49,22-10-28-47)42(19-7-25-44,20-8-26-45)21-9-27-46/h13,30-31,33-38H,6-12,14-29,44-49H2,1-5H3,(H,50,51)/t31-,33?,34?,35-,36?,37?,40+,41-,43?/m1/s1. The Bertz CT molecular complexity index is 1120. The van der Waals surface area contributed by atoms with Crippen LogP contribution in [-0.2, 0) is 4.74 Å². The van der Waals surface area contributed by atoms with Crippen LogP contribution in [0.15, 0.2) is 11.6 Å². The molecule has 0 heterocycles. The van der Waals surface area contributed by atoms with Crippen LogP contribution in [0.25, 0.3) is 0 Å². The van der Waals surface area contributed by atoms with Crippen LogP contribution >= 0.6 is 0 Å². The maximum absolute atomic E-state index is 14.1. The van der Waals surface area contributed by atoms with Gasteiger partial charge in [-0.15, -0.1) is 0 Å². The summed E-state index contributed by atoms with van der Waals surface area (Å²) in [4.78, 5) is 14.1. The largest absolute Gasteiger partial charge is 0.446 e. The Morgan fingerprint density at radius 3 is 2.02 bits per heavy atom. The summed E-state index contributed by atoms with van der Waals surface area (Å²) in [6.07, 6.45) is 20.7. The number of fused-ring (bicyclic) bond motifs is 5. The normalized spacial score (nSPS) is 32.1. The van der Waals surface area contributed by atoms with Crippen molar-refractivity contribution in [1.29, 1.82) is 0 Å². The van der Waals surface area contributed by atoms with Gasteiger partial charge in [0.1, 0.15) is 6.10 Å². The molecule has 3 fully saturated rings. The third-order valence-corrected chi connectivity index (χ3v) is 15.7. The minimum absolute atomic E-state index is 0.167. The van der Waals surface area contributed by atoms with Crippen molar-refractivity contribution in [2.45, 2.75) is 174 Å². The van der Waals surface area contributed by atoms with E-state index in [9.17, 15) is 4.79 Å². The molecule has 0 radical (unpaired) electrons. The van der Waals surface area contributed by atoms with Crippen molar-refractivity contribution >= 4 is 6.09 Å². The molecule has 0 aromatic carbocycles. The zero-order chi connectivity index (χ0) is 38.2. The van der Waals surface area contributed by atoms with Gasteiger partial charge in [0.05, 0.1) is 11.7 Å². The summed E-state index contributed by atoms with van der Waals surface area (Å²) in [6.45, 7) is 14.6. The Labute approximate surface area is 318 Å². The molecule has 5 unspecified atom stereocenters. The first kappa shape index (κ1) is 43.5. The minimum Gasteiger partial charge on any atom is -0.446 e. The SMILES string of the molecule is CC(C)CCC[C@@H](C)[C@H]1CCC2C3CC=C4CC(OC(=O)NC(CCCN)(C(N)N)C(CCCN)(CCCN)CCCN)CC[C@]4(C)C3CC[C@@]21C. The molecule has 0 aromatic heterocycles. The van der Waals surface area contributed by atoms with Crippen molar-refractivity contribution in [3.05, 3.63) is 11.6 Å². The van der Waals surface area contributed by atoms with Crippen LogP contribution in [-0.4, -0.2) is 50.1 Å². The number of carbonyl (C=O) groups is 1. The first-order chi connectivity index (χ1) is 24.8. The number of hydrogen-bond acceptors (Lipinski definition) is 8. The first-order valence-electron chi connectivity index (χ1n) is 21.8. The number of allylic oxidation sites excluding steroid dienone is 1. The lowest BCUT2D eigenvalue weighted by Gasteiger charge is -2.58.